The van der Waals surface area contributed by atoms with Gasteiger partial charge in [-0.1, -0.05) is 6.92 Å². The van der Waals surface area contributed by atoms with Crippen LogP contribution in [-0.2, 0) is 4.74 Å². The summed E-state index contributed by atoms with van der Waals surface area (Å²) in [6, 6.07) is 0. The second kappa shape index (κ2) is 5.32. The quantitative estimate of drug-likeness (QED) is 0.482. The Morgan fingerprint density at radius 2 is 1.86 bits per heavy atom. The van der Waals surface area contributed by atoms with Gasteiger partial charge in [0.1, 0.15) is 12.2 Å². The third kappa shape index (κ3) is 2.61. The van der Waals surface area contributed by atoms with E-state index >= 15 is 0 Å². The van der Waals surface area contributed by atoms with Gasteiger partial charge in [-0.25, -0.2) is 0 Å². The molecule has 84 valence electrons. The maximum Gasteiger partial charge on any atom is 0.109 e. The van der Waals surface area contributed by atoms with Crippen molar-refractivity contribution in [1.29, 1.82) is 0 Å². The minimum Gasteiger partial charge on any atom is -0.390 e. The molecule has 0 saturated heterocycles. The monoisotopic (exact) mass is 222 g/mol. The maximum atomic E-state index is 9.59. The van der Waals surface area contributed by atoms with Crippen molar-refractivity contribution in [2.24, 2.45) is 5.92 Å². The summed E-state index contributed by atoms with van der Waals surface area (Å²) >= 11 is 3.99. The van der Waals surface area contributed by atoms with Crippen molar-refractivity contribution in [3.63, 3.8) is 0 Å². The minimum absolute atomic E-state index is 0.0571. The normalized spacial score (nSPS) is 43.9. The van der Waals surface area contributed by atoms with Crippen LogP contribution in [0.4, 0.5) is 0 Å². The molecule has 1 aliphatic carbocycles. The molecule has 0 aromatic rings. The summed E-state index contributed by atoms with van der Waals surface area (Å²) in [6.45, 7) is 2.27. The van der Waals surface area contributed by atoms with Crippen molar-refractivity contribution in [3.8, 4) is 0 Å². The first-order valence-corrected chi connectivity index (χ1v) is 5.47. The summed E-state index contributed by atoms with van der Waals surface area (Å²) in [5.74, 6) is 0.522. The summed E-state index contributed by atoms with van der Waals surface area (Å²) in [4.78, 5) is 0. The van der Waals surface area contributed by atoms with E-state index in [2.05, 4.69) is 12.6 Å². The Balaban J connectivity index is 2.52. The molecule has 1 saturated carbocycles. The van der Waals surface area contributed by atoms with Crippen LogP contribution in [0.1, 0.15) is 13.3 Å². The van der Waals surface area contributed by atoms with Gasteiger partial charge < -0.3 is 20.1 Å². The first-order valence-electron chi connectivity index (χ1n) is 4.84. The molecular formula is C9H18O4S. The summed E-state index contributed by atoms with van der Waals surface area (Å²) in [7, 11) is 0. The lowest BCUT2D eigenvalue weighted by atomic mass is 9.82. The van der Waals surface area contributed by atoms with Gasteiger partial charge in [0.15, 0.2) is 0 Å². The molecule has 0 amide bonds. The SMILES string of the molecule is CC1CC(OCCS)C(O)[C@@H](O)[C@@H]1O. The van der Waals surface area contributed by atoms with Gasteiger partial charge >= 0.3 is 0 Å². The van der Waals surface area contributed by atoms with Gasteiger partial charge in [-0.2, -0.15) is 12.6 Å². The van der Waals surface area contributed by atoms with Gasteiger partial charge in [-0.15, -0.1) is 0 Å². The van der Waals surface area contributed by atoms with Crippen molar-refractivity contribution >= 4 is 12.6 Å². The first kappa shape index (κ1) is 12.3. The molecule has 1 aliphatic rings. The number of aliphatic hydroxyl groups excluding tert-OH is 3. The van der Waals surface area contributed by atoms with Crippen LogP contribution in [-0.4, -0.2) is 52.1 Å². The maximum absolute atomic E-state index is 9.59. The second-order valence-corrected chi connectivity index (χ2v) is 4.26. The van der Waals surface area contributed by atoms with E-state index < -0.39 is 24.4 Å². The Morgan fingerprint density at radius 1 is 1.21 bits per heavy atom. The number of rotatable bonds is 3. The van der Waals surface area contributed by atoms with Gasteiger partial charge in [0, 0.05) is 5.75 Å². The molecule has 0 radical (unpaired) electrons. The van der Waals surface area contributed by atoms with Crippen LogP contribution in [0.5, 0.6) is 0 Å². The fourth-order valence-electron chi connectivity index (χ4n) is 1.77. The zero-order valence-corrected chi connectivity index (χ0v) is 9.10. The Labute approximate surface area is 89.3 Å². The van der Waals surface area contributed by atoms with E-state index in [4.69, 9.17) is 4.74 Å². The molecule has 0 bridgehead atoms. The molecule has 3 unspecified atom stereocenters. The summed E-state index contributed by atoms with van der Waals surface area (Å²) in [6.07, 6.45) is -2.80. The van der Waals surface area contributed by atoms with Crippen LogP contribution in [0.3, 0.4) is 0 Å². The molecule has 5 atom stereocenters. The van der Waals surface area contributed by atoms with Crippen molar-refractivity contribution < 1.29 is 20.1 Å². The standard InChI is InChI=1S/C9H18O4S/c1-5-4-6(13-2-3-14)8(11)9(12)7(5)10/h5-12,14H,2-4H2,1H3/t5?,6?,7-,8?,9+/m1/s1. The van der Waals surface area contributed by atoms with E-state index in [1.807, 2.05) is 6.92 Å². The predicted octanol–water partition coefficient (Wildman–Crippen LogP) is -0.576. The molecule has 0 aromatic heterocycles. The fourth-order valence-corrected chi connectivity index (χ4v) is 1.88. The van der Waals surface area contributed by atoms with Crippen molar-refractivity contribution in [3.05, 3.63) is 0 Å². The van der Waals surface area contributed by atoms with E-state index in [9.17, 15) is 15.3 Å². The number of hydrogen-bond acceptors (Lipinski definition) is 5. The summed E-state index contributed by atoms with van der Waals surface area (Å²) < 4.78 is 5.34. The van der Waals surface area contributed by atoms with Gasteiger partial charge in [-0.3, -0.25) is 0 Å². The molecule has 0 aliphatic heterocycles. The van der Waals surface area contributed by atoms with Crippen LogP contribution >= 0.6 is 12.6 Å². The molecule has 3 N–H and O–H groups in total. The Hall–Kier alpha value is 0.190. The molecule has 0 spiro atoms. The predicted molar refractivity (Wildman–Crippen MR) is 55.4 cm³/mol. The van der Waals surface area contributed by atoms with Gasteiger partial charge in [0.25, 0.3) is 0 Å². The highest BCUT2D eigenvalue weighted by Gasteiger charge is 2.41. The van der Waals surface area contributed by atoms with Gasteiger partial charge in [0.05, 0.1) is 18.8 Å². The number of hydrogen-bond donors (Lipinski definition) is 4. The average Bonchev–Trinajstić information content (AvgIpc) is 2.18. The molecule has 0 heterocycles. The number of thiol groups is 1. The van der Waals surface area contributed by atoms with Gasteiger partial charge in [0.2, 0.25) is 0 Å². The largest absolute Gasteiger partial charge is 0.390 e. The molecular weight excluding hydrogens is 204 g/mol. The lowest BCUT2D eigenvalue weighted by Crippen LogP contribution is -2.53. The average molecular weight is 222 g/mol. The zero-order chi connectivity index (χ0) is 10.7. The molecule has 1 rings (SSSR count). The lowest BCUT2D eigenvalue weighted by Gasteiger charge is -2.38. The molecule has 0 aromatic carbocycles. The Morgan fingerprint density at radius 3 is 2.43 bits per heavy atom. The lowest BCUT2D eigenvalue weighted by molar-refractivity contribution is -0.168. The first-order chi connectivity index (χ1) is 6.57. The number of aliphatic hydroxyl groups is 3. The Bertz CT molecular complexity index is 178. The highest BCUT2D eigenvalue weighted by Crippen LogP contribution is 2.27. The minimum atomic E-state index is -1.11. The van der Waals surface area contributed by atoms with Crippen LogP contribution in [0, 0.1) is 5.92 Å². The Kier molecular flexibility index (Phi) is 4.66. The van der Waals surface area contributed by atoms with E-state index in [-0.39, 0.29) is 5.92 Å². The topological polar surface area (TPSA) is 69.9 Å². The molecule has 1 fully saturated rings. The molecule has 4 nitrogen and oxygen atoms in total. The van der Waals surface area contributed by atoms with E-state index in [0.29, 0.717) is 18.8 Å². The number of ether oxygens (including phenoxy) is 1. The van der Waals surface area contributed by atoms with Crippen LogP contribution in [0.15, 0.2) is 0 Å². The molecule has 14 heavy (non-hydrogen) atoms. The van der Waals surface area contributed by atoms with E-state index in [0.717, 1.165) is 0 Å². The summed E-state index contributed by atoms with van der Waals surface area (Å²) in [5, 5.41) is 28.6. The zero-order valence-electron chi connectivity index (χ0n) is 8.21. The third-order valence-corrected chi connectivity index (χ3v) is 2.87. The van der Waals surface area contributed by atoms with Crippen LogP contribution in [0.2, 0.25) is 0 Å². The van der Waals surface area contributed by atoms with Crippen LogP contribution in [0.25, 0.3) is 0 Å². The highest BCUT2D eigenvalue weighted by atomic mass is 32.1. The van der Waals surface area contributed by atoms with E-state index in [1.54, 1.807) is 0 Å². The van der Waals surface area contributed by atoms with E-state index in [1.165, 1.54) is 0 Å². The smallest absolute Gasteiger partial charge is 0.109 e. The highest BCUT2D eigenvalue weighted by molar-refractivity contribution is 7.80. The van der Waals surface area contributed by atoms with Crippen molar-refractivity contribution in [2.45, 2.75) is 37.8 Å². The fraction of sp³-hybridized carbons (Fsp3) is 1.00. The van der Waals surface area contributed by atoms with Gasteiger partial charge in [-0.05, 0) is 12.3 Å². The van der Waals surface area contributed by atoms with Crippen molar-refractivity contribution in [1.82, 2.24) is 0 Å². The summed E-state index contributed by atoms with van der Waals surface area (Å²) in [5.41, 5.74) is 0. The second-order valence-electron chi connectivity index (χ2n) is 3.82. The third-order valence-electron chi connectivity index (χ3n) is 2.69. The van der Waals surface area contributed by atoms with Crippen LogP contribution < -0.4 is 0 Å². The molecule has 5 heteroatoms. The van der Waals surface area contributed by atoms with Crippen molar-refractivity contribution in [2.75, 3.05) is 12.4 Å².